The highest BCUT2D eigenvalue weighted by molar-refractivity contribution is 7.14. The number of halogens is 1. The van der Waals surface area contributed by atoms with Crippen LogP contribution < -0.4 is 20.7 Å². The zero-order chi connectivity index (χ0) is 30.2. The Balaban J connectivity index is 1.90. The topological polar surface area (TPSA) is 145 Å². The Morgan fingerprint density at radius 1 is 1.00 bits per heavy atom. The van der Waals surface area contributed by atoms with E-state index in [-0.39, 0.29) is 28.6 Å². The zero-order valence-electron chi connectivity index (χ0n) is 23.1. The minimum absolute atomic E-state index is 0.0135. The Morgan fingerprint density at radius 2 is 1.71 bits per heavy atom. The SMILES string of the molecule is COC(=O)c1csc(NC(=O)C(Cc2ccccc2)NC(=O)[C@@H](NC(=O)OC(C)(C)C)c2ccc(OC)c(F)c2)n1. The van der Waals surface area contributed by atoms with Crippen LogP contribution in [-0.4, -0.2) is 54.7 Å². The number of rotatable bonds is 10. The highest BCUT2D eigenvalue weighted by Gasteiger charge is 2.31. The molecule has 0 aliphatic heterocycles. The lowest BCUT2D eigenvalue weighted by molar-refractivity contribution is -0.128. The quantitative estimate of drug-likeness (QED) is 0.302. The summed E-state index contributed by atoms with van der Waals surface area (Å²) in [4.78, 5) is 55.4. The molecule has 2 atom stereocenters. The normalized spacial score (nSPS) is 12.4. The zero-order valence-corrected chi connectivity index (χ0v) is 24.0. The van der Waals surface area contributed by atoms with Gasteiger partial charge >= 0.3 is 12.1 Å². The molecule has 0 aliphatic rings. The largest absolute Gasteiger partial charge is 0.494 e. The van der Waals surface area contributed by atoms with Gasteiger partial charge in [0.2, 0.25) is 11.8 Å². The molecule has 218 valence electrons. The number of benzene rings is 2. The maximum atomic E-state index is 14.6. The number of hydrogen-bond acceptors (Lipinski definition) is 9. The molecule has 0 radical (unpaired) electrons. The number of nitrogens with one attached hydrogen (secondary N) is 3. The number of hydrogen-bond donors (Lipinski definition) is 3. The molecule has 0 fully saturated rings. The van der Waals surface area contributed by atoms with E-state index >= 15 is 0 Å². The molecule has 0 spiro atoms. The highest BCUT2D eigenvalue weighted by atomic mass is 32.1. The molecule has 0 bridgehead atoms. The molecule has 0 aliphatic carbocycles. The van der Waals surface area contributed by atoms with E-state index in [9.17, 15) is 23.6 Å². The van der Waals surface area contributed by atoms with Gasteiger partial charge in [-0.1, -0.05) is 36.4 Å². The number of anilines is 1. The van der Waals surface area contributed by atoms with Gasteiger partial charge in [0.1, 0.15) is 17.7 Å². The van der Waals surface area contributed by atoms with Gasteiger partial charge in [0.05, 0.1) is 14.2 Å². The van der Waals surface area contributed by atoms with Crippen LogP contribution in [0, 0.1) is 5.82 Å². The van der Waals surface area contributed by atoms with Crippen LogP contribution in [0.15, 0.2) is 53.9 Å². The Morgan fingerprint density at radius 3 is 2.32 bits per heavy atom. The van der Waals surface area contributed by atoms with Gasteiger partial charge < -0.3 is 30.2 Å². The fraction of sp³-hybridized carbons (Fsp3) is 0.321. The standard InChI is InChI=1S/C28H31FN4O7S/c1-28(2,3)40-27(37)32-22(17-11-12-21(38-4)18(29)14-17)24(35)30-19(13-16-9-7-6-8-10-16)23(34)33-26-31-20(15-41-26)25(36)39-5/h6-12,14-15,19,22H,13H2,1-5H3,(H,30,35)(H,32,37)(H,31,33,34)/t19?,22-/m0/s1. The van der Waals surface area contributed by atoms with E-state index in [2.05, 4.69) is 25.7 Å². The molecular weight excluding hydrogens is 555 g/mol. The van der Waals surface area contributed by atoms with Gasteiger partial charge in [-0.15, -0.1) is 11.3 Å². The number of nitrogens with zero attached hydrogens (tertiary/aromatic N) is 1. The number of thiazole rings is 1. The molecule has 3 N–H and O–H groups in total. The Labute approximate surface area is 240 Å². The van der Waals surface area contributed by atoms with E-state index in [1.807, 2.05) is 0 Å². The smallest absolute Gasteiger partial charge is 0.408 e. The van der Waals surface area contributed by atoms with Gasteiger partial charge in [-0.3, -0.25) is 9.59 Å². The second-order valence-corrected chi connectivity index (χ2v) is 10.6. The van der Waals surface area contributed by atoms with Crippen molar-refractivity contribution in [2.75, 3.05) is 19.5 Å². The fourth-order valence-electron chi connectivity index (χ4n) is 3.62. The van der Waals surface area contributed by atoms with Crippen LogP contribution in [0.5, 0.6) is 5.75 Å². The van der Waals surface area contributed by atoms with Crippen molar-refractivity contribution in [2.24, 2.45) is 0 Å². The lowest BCUT2D eigenvalue weighted by atomic mass is 10.0. The molecule has 3 aromatic rings. The average molecular weight is 587 g/mol. The summed E-state index contributed by atoms with van der Waals surface area (Å²) in [5.74, 6) is -2.91. The van der Waals surface area contributed by atoms with E-state index in [1.54, 1.807) is 51.1 Å². The van der Waals surface area contributed by atoms with E-state index in [4.69, 9.17) is 9.47 Å². The molecule has 3 amide bonds. The molecule has 11 nitrogen and oxygen atoms in total. The molecular formula is C28H31FN4O7S. The maximum Gasteiger partial charge on any atom is 0.408 e. The second kappa shape index (κ2) is 13.7. The Hall–Kier alpha value is -4.52. The Kier molecular flexibility index (Phi) is 10.4. The minimum Gasteiger partial charge on any atom is -0.494 e. The van der Waals surface area contributed by atoms with Gasteiger partial charge in [-0.2, -0.15) is 0 Å². The summed E-state index contributed by atoms with van der Waals surface area (Å²) >= 11 is 1.00. The van der Waals surface area contributed by atoms with Gasteiger partial charge in [-0.05, 0) is 44.0 Å². The summed E-state index contributed by atoms with van der Waals surface area (Å²) < 4.78 is 29.5. The van der Waals surface area contributed by atoms with Crippen molar-refractivity contribution in [3.05, 3.63) is 76.5 Å². The first-order valence-electron chi connectivity index (χ1n) is 12.4. The van der Waals surface area contributed by atoms with Crippen molar-refractivity contribution in [3.8, 4) is 5.75 Å². The van der Waals surface area contributed by atoms with Crippen molar-refractivity contribution in [2.45, 2.75) is 44.9 Å². The number of aromatic nitrogens is 1. The molecule has 1 aromatic heterocycles. The van der Waals surface area contributed by atoms with Crippen LogP contribution in [0.1, 0.15) is 48.4 Å². The fourth-order valence-corrected chi connectivity index (χ4v) is 4.31. The third-order valence-electron chi connectivity index (χ3n) is 5.48. The average Bonchev–Trinajstić information content (AvgIpc) is 3.38. The van der Waals surface area contributed by atoms with E-state index in [0.717, 1.165) is 23.0 Å². The number of ether oxygens (including phenoxy) is 3. The summed E-state index contributed by atoms with van der Waals surface area (Å²) in [7, 11) is 2.51. The molecule has 0 saturated heterocycles. The van der Waals surface area contributed by atoms with Crippen LogP contribution in [0.2, 0.25) is 0 Å². The van der Waals surface area contributed by atoms with Gasteiger partial charge in [-0.25, -0.2) is 19.0 Å². The molecule has 13 heteroatoms. The minimum atomic E-state index is -1.43. The van der Waals surface area contributed by atoms with Crippen LogP contribution >= 0.6 is 11.3 Å². The number of methoxy groups -OCH3 is 2. The second-order valence-electron chi connectivity index (χ2n) is 9.74. The van der Waals surface area contributed by atoms with Crippen molar-refractivity contribution in [1.29, 1.82) is 0 Å². The van der Waals surface area contributed by atoms with Crippen LogP contribution in [-0.2, 0) is 25.5 Å². The lowest BCUT2D eigenvalue weighted by Gasteiger charge is -2.25. The molecule has 3 rings (SSSR count). The van der Waals surface area contributed by atoms with E-state index in [1.165, 1.54) is 31.7 Å². The first-order valence-corrected chi connectivity index (χ1v) is 13.3. The van der Waals surface area contributed by atoms with Crippen LogP contribution in [0.3, 0.4) is 0 Å². The van der Waals surface area contributed by atoms with Crippen molar-refractivity contribution in [3.63, 3.8) is 0 Å². The van der Waals surface area contributed by atoms with Crippen molar-refractivity contribution < 1.29 is 37.8 Å². The first-order chi connectivity index (χ1) is 19.4. The van der Waals surface area contributed by atoms with Crippen LogP contribution in [0.4, 0.5) is 14.3 Å². The number of carbonyl (C=O) groups is 4. The monoisotopic (exact) mass is 586 g/mol. The maximum absolute atomic E-state index is 14.6. The summed E-state index contributed by atoms with van der Waals surface area (Å²) in [6.07, 6.45) is -0.847. The van der Waals surface area contributed by atoms with Crippen molar-refractivity contribution >= 4 is 40.3 Å². The summed E-state index contributed by atoms with van der Waals surface area (Å²) in [5.41, 5.74) is -0.0368. The third-order valence-corrected chi connectivity index (χ3v) is 6.23. The predicted octanol–water partition coefficient (Wildman–Crippen LogP) is 4.01. The molecule has 1 heterocycles. The summed E-state index contributed by atoms with van der Waals surface area (Å²) in [6, 6.07) is 10.1. The number of amides is 3. The molecule has 41 heavy (non-hydrogen) atoms. The van der Waals surface area contributed by atoms with Gasteiger partial charge in [0, 0.05) is 11.8 Å². The third kappa shape index (κ3) is 9.00. The lowest BCUT2D eigenvalue weighted by Crippen LogP contribution is -2.50. The summed E-state index contributed by atoms with van der Waals surface area (Å²) in [5, 5.41) is 9.25. The first kappa shape index (κ1) is 31.0. The number of carbonyl (C=O) groups excluding carboxylic acids is 4. The van der Waals surface area contributed by atoms with Crippen LogP contribution in [0.25, 0.3) is 0 Å². The van der Waals surface area contributed by atoms with E-state index in [0.29, 0.717) is 0 Å². The molecule has 1 unspecified atom stereocenters. The molecule has 0 saturated carbocycles. The summed E-state index contributed by atoms with van der Waals surface area (Å²) in [6.45, 7) is 4.96. The number of esters is 1. The Bertz CT molecular complexity index is 1390. The predicted molar refractivity (Wildman–Crippen MR) is 149 cm³/mol. The highest BCUT2D eigenvalue weighted by Crippen LogP contribution is 2.23. The molecule has 2 aromatic carbocycles. The number of alkyl carbamates (subject to hydrolysis) is 1. The van der Waals surface area contributed by atoms with Gasteiger partial charge in [0.15, 0.2) is 22.4 Å². The van der Waals surface area contributed by atoms with Gasteiger partial charge in [0.25, 0.3) is 0 Å². The van der Waals surface area contributed by atoms with Crippen molar-refractivity contribution in [1.82, 2.24) is 15.6 Å². The van der Waals surface area contributed by atoms with E-state index < -0.39 is 47.4 Å².